The minimum atomic E-state index is 0.581. The van der Waals surface area contributed by atoms with Crippen molar-refractivity contribution in [3.8, 4) is 5.75 Å². The van der Waals surface area contributed by atoms with Crippen LogP contribution in [-0.4, -0.2) is 6.04 Å². The van der Waals surface area contributed by atoms with E-state index in [0.29, 0.717) is 6.61 Å². The maximum absolute atomic E-state index is 5.88. The van der Waals surface area contributed by atoms with Crippen molar-refractivity contribution in [2.45, 2.75) is 32.0 Å². The lowest BCUT2D eigenvalue weighted by Crippen LogP contribution is -2.15. The van der Waals surface area contributed by atoms with Gasteiger partial charge in [0.25, 0.3) is 0 Å². The molecule has 0 aromatic heterocycles. The molecule has 21 heavy (non-hydrogen) atoms. The molecular formula is C17H17Br2NO. The lowest BCUT2D eigenvalue weighted by Gasteiger charge is -2.10. The Bertz CT molecular complexity index is 626. The maximum atomic E-state index is 5.88. The van der Waals surface area contributed by atoms with Crippen LogP contribution < -0.4 is 10.1 Å². The molecule has 110 valence electrons. The number of rotatable bonds is 6. The van der Waals surface area contributed by atoms with Crippen molar-refractivity contribution in [2.24, 2.45) is 0 Å². The summed E-state index contributed by atoms with van der Waals surface area (Å²) in [5, 5.41) is 3.54. The Balaban J connectivity index is 1.60. The van der Waals surface area contributed by atoms with E-state index in [-0.39, 0.29) is 0 Å². The van der Waals surface area contributed by atoms with Gasteiger partial charge in [-0.15, -0.1) is 0 Å². The molecule has 1 fully saturated rings. The molecule has 1 saturated carbocycles. The zero-order chi connectivity index (χ0) is 14.7. The van der Waals surface area contributed by atoms with Gasteiger partial charge in [-0.2, -0.15) is 0 Å². The molecule has 4 heteroatoms. The van der Waals surface area contributed by atoms with Gasteiger partial charge in [-0.05, 0) is 58.1 Å². The van der Waals surface area contributed by atoms with E-state index in [2.05, 4.69) is 61.4 Å². The van der Waals surface area contributed by atoms with Gasteiger partial charge in [-0.1, -0.05) is 40.2 Å². The number of halogens is 2. The molecule has 0 unspecified atom stereocenters. The van der Waals surface area contributed by atoms with Crippen LogP contribution in [0.2, 0.25) is 0 Å². The molecule has 0 bridgehead atoms. The maximum Gasteiger partial charge on any atom is 0.134 e. The highest BCUT2D eigenvalue weighted by atomic mass is 79.9. The fourth-order valence-corrected chi connectivity index (χ4v) is 3.29. The van der Waals surface area contributed by atoms with Crippen molar-refractivity contribution in [3.05, 3.63) is 62.5 Å². The smallest absolute Gasteiger partial charge is 0.134 e. The molecule has 0 aliphatic heterocycles. The van der Waals surface area contributed by atoms with E-state index >= 15 is 0 Å². The zero-order valence-corrected chi connectivity index (χ0v) is 14.8. The molecule has 2 nitrogen and oxygen atoms in total. The Hall–Kier alpha value is -0.840. The summed E-state index contributed by atoms with van der Waals surface area (Å²) in [6.45, 7) is 1.53. The first-order chi connectivity index (χ1) is 10.2. The van der Waals surface area contributed by atoms with Gasteiger partial charge in [-0.25, -0.2) is 0 Å². The average Bonchev–Trinajstić information content (AvgIpc) is 3.29. The molecule has 0 atom stereocenters. The largest absolute Gasteiger partial charge is 0.488 e. The van der Waals surface area contributed by atoms with Crippen LogP contribution >= 0.6 is 31.9 Å². The molecule has 2 aromatic rings. The lowest BCUT2D eigenvalue weighted by atomic mass is 10.1. The predicted molar refractivity (Wildman–Crippen MR) is 92.5 cm³/mol. The standard InChI is InChI=1S/C17H17Br2NO/c18-14-4-7-17(16(19)9-14)21-11-13-3-1-2-12(8-13)10-20-15-5-6-15/h1-4,7-9,15,20H,5-6,10-11H2. The summed E-state index contributed by atoms with van der Waals surface area (Å²) in [7, 11) is 0. The highest BCUT2D eigenvalue weighted by Gasteiger charge is 2.19. The van der Waals surface area contributed by atoms with Crippen LogP contribution in [0.4, 0.5) is 0 Å². The zero-order valence-electron chi connectivity index (χ0n) is 11.6. The second-order valence-electron chi connectivity index (χ2n) is 5.34. The lowest BCUT2D eigenvalue weighted by molar-refractivity contribution is 0.304. The summed E-state index contributed by atoms with van der Waals surface area (Å²) in [4.78, 5) is 0. The SMILES string of the molecule is Brc1ccc(OCc2cccc(CNC3CC3)c2)c(Br)c1. The van der Waals surface area contributed by atoms with Crippen LogP contribution in [0, 0.1) is 0 Å². The molecular weight excluding hydrogens is 394 g/mol. The number of nitrogens with one attached hydrogen (secondary N) is 1. The summed E-state index contributed by atoms with van der Waals surface area (Å²) in [6.07, 6.45) is 2.64. The van der Waals surface area contributed by atoms with Gasteiger partial charge in [0, 0.05) is 17.1 Å². The van der Waals surface area contributed by atoms with Crippen LogP contribution in [0.5, 0.6) is 5.75 Å². The third-order valence-corrected chi connectivity index (χ3v) is 4.56. The molecule has 1 N–H and O–H groups in total. The summed E-state index contributed by atoms with van der Waals surface area (Å²) in [5.74, 6) is 0.861. The van der Waals surface area contributed by atoms with Gasteiger partial charge in [0.05, 0.1) is 4.47 Å². The Labute approximate surface area is 142 Å². The van der Waals surface area contributed by atoms with Crippen molar-refractivity contribution in [1.82, 2.24) is 5.32 Å². The Kier molecular flexibility index (Phi) is 4.99. The van der Waals surface area contributed by atoms with E-state index in [4.69, 9.17) is 4.74 Å². The van der Waals surface area contributed by atoms with Crippen molar-refractivity contribution in [3.63, 3.8) is 0 Å². The first-order valence-corrected chi connectivity index (χ1v) is 8.68. The highest BCUT2D eigenvalue weighted by Crippen LogP contribution is 2.28. The second kappa shape index (κ2) is 6.95. The highest BCUT2D eigenvalue weighted by molar-refractivity contribution is 9.11. The number of hydrogen-bond donors (Lipinski definition) is 1. The van der Waals surface area contributed by atoms with Crippen molar-refractivity contribution in [2.75, 3.05) is 0 Å². The van der Waals surface area contributed by atoms with Crippen molar-refractivity contribution >= 4 is 31.9 Å². The van der Waals surface area contributed by atoms with Crippen LogP contribution in [0.3, 0.4) is 0 Å². The fourth-order valence-electron chi connectivity index (χ4n) is 2.13. The minimum absolute atomic E-state index is 0.581. The summed E-state index contributed by atoms with van der Waals surface area (Å²) in [6, 6.07) is 15.3. The fraction of sp³-hybridized carbons (Fsp3) is 0.294. The molecule has 0 radical (unpaired) electrons. The quantitative estimate of drug-likeness (QED) is 0.719. The van der Waals surface area contributed by atoms with E-state index in [1.54, 1.807) is 0 Å². The molecule has 1 aliphatic rings. The summed E-state index contributed by atoms with van der Waals surface area (Å²) in [5.41, 5.74) is 2.51. The molecule has 3 rings (SSSR count). The number of benzene rings is 2. The topological polar surface area (TPSA) is 21.3 Å². The molecule has 1 aliphatic carbocycles. The summed E-state index contributed by atoms with van der Waals surface area (Å²) >= 11 is 6.96. The summed E-state index contributed by atoms with van der Waals surface area (Å²) < 4.78 is 7.88. The van der Waals surface area contributed by atoms with Gasteiger partial charge in [0.15, 0.2) is 0 Å². The van der Waals surface area contributed by atoms with E-state index in [1.807, 2.05) is 18.2 Å². The van der Waals surface area contributed by atoms with E-state index < -0.39 is 0 Å². The van der Waals surface area contributed by atoms with Gasteiger partial charge in [-0.3, -0.25) is 0 Å². The second-order valence-corrected chi connectivity index (χ2v) is 7.11. The number of hydrogen-bond acceptors (Lipinski definition) is 2. The average molecular weight is 411 g/mol. The Morgan fingerprint density at radius 2 is 1.86 bits per heavy atom. The normalized spacial score (nSPS) is 14.2. The first-order valence-electron chi connectivity index (χ1n) is 7.10. The molecule has 2 aromatic carbocycles. The van der Waals surface area contributed by atoms with E-state index in [1.165, 1.54) is 24.0 Å². The monoisotopic (exact) mass is 409 g/mol. The van der Waals surface area contributed by atoms with Gasteiger partial charge >= 0.3 is 0 Å². The Morgan fingerprint density at radius 3 is 2.62 bits per heavy atom. The van der Waals surface area contributed by atoms with Gasteiger partial charge < -0.3 is 10.1 Å². The van der Waals surface area contributed by atoms with Gasteiger partial charge in [0.2, 0.25) is 0 Å². The van der Waals surface area contributed by atoms with E-state index in [0.717, 1.165) is 27.3 Å². The molecule has 0 heterocycles. The molecule has 0 saturated heterocycles. The van der Waals surface area contributed by atoms with Crippen molar-refractivity contribution in [1.29, 1.82) is 0 Å². The third-order valence-electron chi connectivity index (χ3n) is 3.45. The van der Waals surface area contributed by atoms with Crippen LogP contribution in [0.1, 0.15) is 24.0 Å². The van der Waals surface area contributed by atoms with Crippen LogP contribution in [0.15, 0.2) is 51.4 Å². The minimum Gasteiger partial charge on any atom is -0.488 e. The Morgan fingerprint density at radius 1 is 1.05 bits per heavy atom. The molecule has 0 amide bonds. The first kappa shape index (κ1) is 15.1. The molecule has 0 spiro atoms. The van der Waals surface area contributed by atoms with E-state index in [9.17, 15) is 0 Å². The van der Waals surface area contributed by atoms with Gasteiger partial charge in [0.1, 0.15) is 12.4 Å². The predicted octanol–water partition coefficient (Wildman–Crippen LogP) is 5.04. The van der Waals surface area contributed by atoms with Crippen molar-refractivity contribution < 1.29 is 4.74 Å². The van der Waals surface area contributed by atoms with Crippen LogP contribution in [0.25, 0.3) is 0 Å². The third kappa shape index (κ3) is 4.56. The number of ether oxygens (including phenoxy) is 1. The van der Waals surface area contributed by atoms with Crippen LogP contribution in [-0.2, 0) is 13.2 Å².